The minimum absolute atomic E-state index is 0.209. The topological polar surface area (TPSA) is 38.5 Å². The number of halogens is 2. The fourth-order valence-corrected chi connectivity index (χ4v) is 1.76. The highest BCUT2D eigenvalue weighted by molar-refractivity contribution is 9.10. The fraction of sp³-hybridized carbons (Fsp3) is 0.500. The Balaban J connectivity index is 2.68. The second-order valence-corrected chi connectivity index (χ2v) is 5.02. The second-order valence-electron chi connectivity index (χ2n) is 4.17. The van der Waals surface area contributed by atoms with Crippen LogP contribution in [0.15, 0.2) is 16.6 Å². The zero-order valence-electron chi connectivity index (χ0n) is 10.3. The predicted octanol–water partition coefficient (Wildman–Crippen LogP) is 3.03. The van der Waals surface area contributed by atoms with Crippen LogP contribution in [0.25, 0.3) is 0 Å². The molecule has 0 spiro atoms. The molecule has 0 aromatic heterocycles. The third-order valence-electron chi connectivity index (χ3n) is 2.36. The molecule has 96 valence electrons. The van der Waals surface area contributed by atoms with Gasteiger partial charge in [0.2, 0.25) is 0 Å². The van der Waals surface area contributed by atoms with E-state index >= 15 is 0 Å². The molecule has 0 heterocycles. The highest BCUT2D eigenvalue weighted by atomic mass is 79.9. The number of benzene rings is 1. The molecule has 0 amide bonds. The van der Waals surface area contributed by atoms with Gasteiger partial charge in [-0.3, -0.25) is 0 Å². The van der Waals surface area contributed by atoms with Gasteiger partial charge in [-0.1, -0.05) is 0 Å². The van der Waals surface area contributed by atoms with Crippen LogP contribution in [0.3, 0.4) is 0 Å². The molecule has 0 aliphatic heterocycles. The number of nitrogen functional groups attached to an aromatic ring is 1. The Kier molecular flexibility index (Phi) is 5.21. The van der Waals surface area contributed by atoms with E-state index in [0.717, 1.165) is 5.69 Å². The molecule has 2 N–H and O–H groups in total. The molecular weight excluding hydrogens is 287 g/mol. The van der Waals surface area contributed by atoms with Crippen LogP contribution in [0.4, 0.5) is 15.8 Å². The molecule has 0 aliphatic carbocycles. The Bertz CT molecular complexity index is 385. The van der Waals surface area contributed by atoms with E-state index in [-0.39, 0.29) is 11.9 Å². The monoisotopic (exact) mass is 304 g/mol. The maximum Gasteiger partial charge on any atom is 0.139 e. The Labute approximate surface area is 110 Å². The lowest BCUT2D eigenvalue weighted by Gasteiger charge is -2.22. The lowest BCUT2D eigenvalue weighted by molar-refractivity contribution is 0.0846. The van der Waals surface area contributed by atoms with E-state index in [9.17, 15) is 4.39 Å². The zero-order valence-corrected chi connectivity index (χ0v) is 11.9. The number of nitrogens with two attached hydrogens (primary N) is 1. The number of nitrogens with zero attached hydrogens (tertiary/aromatic N) is 1. The van der Waals surface area contributed by atoms with Gasteiger partial charge in [-0.05, 0) is 35.8 Å². The van der Waals surface area contributed by atoms with E-state index in [1.807, 2.05) is 25.8 Å². The molecule has 0 bridgehead atoms. The summed E-state index contributed by atoms with van der Waals surface area (Å²) in [5.41, 5.74) is 7.00. The molecule has 17 heavy (non-hydrogen) atoms. The zero-order chi connectivity index (χ0) is 13.0. The van der Waals surface area contributed by atoms with Crippen LogP contribution in [0, 0.1) is 5.82 Å². The Morgan fingerprint density at radius 2 is 2.12 bits per heavy atom. The smallest absolute Gasteiger partial charge is 0.139 e. The minimum Gasteiger partial charge on any atom is -0.397 e. The van der Waals surface area contributed by atoms with Gasteiger partial charge in [-0.2, -0.15) is 0 Å². The Morgan fingerprint density at radius 3 is 2.71 bits per heavy atom. The number of hydrogen-bond acceptors (Lipinski definition) is 3. The first kappa shape index (κ1) is 14.3. The number of likely N-dealkylation sites (N-methyl/N-ethyl adjacent to an activating group) is 1. The lowest BCUT2D eigenvalue weighted by Crippen LogP contribution is -2.24. The standard InChI is InChI=1S/C12H18BrFN2O/c1-8(2)17-5-4-16(3)12-6-9(13)10(14)7-11(12)15/h6-8H,4-5,15H2,1-3H3. The molecule has 0 saturated heterocycles. The van der Waals surface area contributed by atoms with Crippen molar-refractivity contribution in [1.29, 1.82) is 0 Å². The summed E-state index contributed by atoms with van der Waals surface area (Å²) in [5, 5.41) is 0. The first-order chi connectivity index (χ1) is 7.91. The van der Waals surface area contributed by atoms with Gasteiger partial charge in [-0.25, -0.2) is 4.39 Å². The van der Waals surface area contributed by atoms with Gasteiger partial charge in [0.25, 0.3) is 0 Å². The summed E-state index contributed by atoms with van der Waals surface area (Å²) in [6.45, 7) is 5.30. The van der Waals surface area contributed by atoms with Crippen molar-refractivity contribution in [2.75, 3.05) is 30.8 Å². The molecule has 0 saturated carbocycles. The predicted molar refractivity (Wildman–Crippen MR) is 72.9 cm³/mol. The average Bonchev–Trinajstić information content (AvgIpc) is 2.22. The van der Waals surface area contributed by atoms with Gasteiger partial charge < -0.3 is 15.4 Å². The van der Waals surface area contributed by atoms with Crippen molar-refractivity contribution < 1.29 is 9.13 Å². The molecule has 0 aliphatic rings. The van der Waals surface area contributed by atoms with Crippen molar-refractivity contribution in [1.82, 2.24) is 0 Å². The molecule has 5 heteroatoms. The maximum absolute atomic E-state index is 13.2. The number of anilines is 2. The highest BCUT2D eigenvalue weighted by Crippen LogP contribution is 2.28. The van der Waals surface area contributed by atoms with Gasteiger partial charge in [0, 0.05) is 19.7 Å². The largest absolute Gasteiger partial charge is 0.397 e. The molecule has 1 aromatic rings. The minimum atomic E-state index is -0.349. The number of hydrogen-bond donors (Lipinski definition) is 1. The van der Waals surface area contributed by atoms with E-state index in [2.05, 4.69) is 15.9 Å². The normalized spacial score (nSPS) is 10.9. The van der Waals surface area contributed by atoms with Crippen LogP contribution in [0.2, 0.25) is 0 Å². The van der Waals surface area contributed by atoms with Crippen molar-refractivity contribution in [3.8, 4) is 0 Å². The van der Waals surface area contributed by atoms with Crippen molar-refractivity contribution in [2.45, 2.75) is 20.0 Å². The molecule has 0 radical (unpaired) electrons. The second kappa shape index (κ2) is 6.21. The van der Waals surface area contributed by atoms with Crippen molar-refractivity contribution in [3.63, 3.8) is 0 Å². The quantitative estimate of drug-likeness (QED) is 0.850. The van der Waals surface area contributed by atoms with Gasteiger partial charge in [-0.15, -0.1) is 0 Å². The van der Waals surface area contributed by atoms with E-state index < -0.39 is 0 Å². The van der Waals surface area contributed by atoms with Crippen LogP contribution in [-0.4, -0.2) is 26.3 Å². The summed E-state index contributed by atoms with van der Waals surface area (Å²) in [6, 6.07) is 3.00. The average molecular weight is 305 g/mol. The van der Waals surface area contributed by atoms with Gasteiger partial charge >= 0.3 is 0 Å². The summed E-state index contributed by atoms with van der Waals surface area (Å²) in [4.78, 5) is 1.95. The Hall–Kier alpha value is -0.810. The van der Waals surface area contributed by atoms with Gasteiger partial charge in [0.15, 0.2) is 0 Å². The lowest BCUT2D eigenvalue weighted by atomic mass is 10.2. The molecule has 0 unspecified atom stereocenters. The molecule has 3 nitrogen and oxygen atoms in total. The van der Waals surface area contributed by atoms with E-state index in [1.54, 1.807) is 6.07 Å². The van der Waals surface area contributed by atoms with Gasteiger partial charge in [0.1, 0.15) is 5.82 Å². The SMILES string of the molecule is CC(C)OCCN(C)c1cc(Br)c(F)cc1N. The Morgan fingerprint density at radius 1 is 1.47 bits per heavy atom. The van der Waals surface area contributed by atoms with Crippen molar-refractivity contribution >= 4 is 27.3 Å². The first-order valence-electron chi connectivity index (χ1n) is 5.49. The molecule has 1 aromatic carbocycles. The number of rotatable bonds is 5. The summed E-state index contributed by atoms with van der Waals surface area (Å²) in [7, 11) is 1.90. The van der Waals surface area contributed by atoms with Crippen molar-refractivity contribution in [2.24, 2.45) is 0 Å². The highest BCUT2D eigenvalue weighted by Gasteiger charge is 2.09. The number of ether oxygens (including phenoxy) is 1. The van der Waals surface area contributed by atoms with E-state index in [0.29, 0.717) is 23.3 Å². The first-order valence-corrected chi connectivity index (χ1v) is 6.28. The molecule has 1 rings (SSSR count). The maximum atomic E-state index is 13.2. The van der Waals surface area contributed by atoms with Gasteiger partial charge in [0.05, 0.1) is 28.6 Å². The van der Waals surface area contributed by atoms with E-state index in [1.165, 1.54) is 6.07 Å². The van der Waals surface area contributed by atoms with Crippen LogP contribution in [0.5, 0.6) is 0 Å². The molecule has 0 atom stereocenters. The summed E-state index contributed by atoms with van der Waals surface area (Å²) >= 11 is 3.15. The van der Waals surface area contributed by atoms with Crippen LogP contribution in [-0.2, 0) is 4.74 Å². The summed E-state index contributed by atoms with van der Waals surface area (Å²) in [5.74, 6) is -0.349. The third kappa shape index (κ3) is 4.16. The summed E-state index contributed by atoms with van der Waals surface area (Å²) in [6.07, 6.45) is 0.209. The molecular formula is C12H18BrFN2O. The fourth-order valence-electron chi connectivity index (χ4n) is 1.43. The summed E-state index contributed by atoms with van der Waals surface area (Å²) < 4.78 is 19.1. The third-order valence-corrected chi connectivity index (χ3v) is 2.97. The van der Waals surface area contributed by atoms with Crippen LogP contribution >= 0.6 is 15.9 Å². The van der Waals surface area contributed by atoms with Crippen LogP contribution < -0.4 is 10.6 Å². The van der Waals surface area contributed by atoms with Crippen LogP contribution in [0.1, 0.15) is 13.8 Å². The van der Waals surface area contributed by atoms with Crippen molar-refractivity contribution in [3.05, 3.63) is 22.4 Å². The van der Waals surface area contributed by atoms with E-state index in [4.69, 9.17) is 10.5 Å². The molecule has 0 fully saturated rings.